The van der Waals surface area contributed by atoms with Gasteiger partial charge in [-0.2, -0.15) is 0 Å². The number of halogens is 1. The van der Waals surface area contributed by atoms with E-state index in [1.54, 1.807) is 13.0 Å². The number of nitro groups is 1. The average Bonchev–Trinajstić information content (AvgIpc) is 2.16. The highest BCUT2D eigenvalue weighted by atomic mass is 35.5. The molecule has 2 atom stereocenters. The lowest BCUT2D eigenvalue weighted by molar-refractivity contribution is -0.421. The van der Waals surface area contributed by atoms with Gasteiger partial charge in [0.2, 0.25) is 0 Å². The predicted molar refractivity (Wildman–Crippen MR) is 57.9 cm³/mol. The van der Waals surface area contributed by atoms with Crippen molar-refractivity contribution in [1.82, 2.24) is 0 Å². The quantitative estimate of drug-likeness (QED) is 0.504. The minimum Gasteiger partial charge on any atom is -0.265 e. The molecule has 1 heterocycles. The largest absolute Gasteiger partial charge is 0.268 e. The van der Waals surface area contributed by atoms with E-state index in [1.165, 1.54) is 12.4 Å². The van der Waals surface area contributed by atoms with E-state index in [2.05, 4.69) is 9.98 Å². The van der Waals surface area contributed by atoms with Crippen LogP contribution in [0.25, 0.3) is 0 Å². The Kier molecular flexibility index (Phi) is 2.40. The van der Waals surface area contributed by atoms with Gasteiger partial charge in [-0.1, -0.05) is 11.6 Å². The summed E-state index contributed by atoms with van der Waals surface area (Å²) in [5.74, 6) is -0.291. The normalized spacial score (nSPS) is 28.8. The highest BCUT2D eigenvalue weighted by Gasteiger charge is 2.32. The van der Waals surface area contributed by atoms with Crippen LogP contribution < -0.4 is 0 Å². The van der Waals surface area contributed by atoms with Crippen LogP contribution in [0.3, 0.4) is 0 Å². The molecule has 0 amide bonds. The molecule has 0 radical (unpaired) electrons. The first kappa shape index (κ1) is 10.0. The maximum atomic E-state index is 10.7. The van der Waals surface area contributed by atoms with Crippen LogP contribution in [0.4, 0.5) is 0 Å². The molecule has 0 saturated carbocycles. The molecule has 2 aliphatic rings. The molecule has 0 aromatic carbocycles. The first-order valence-electron chi connectivity index (χ1n) is 4.39. The Hall–Kier alpha value is -1.49. The van der Waals surface area contributed by atoms with Crippen molar-refractivity contribution in [3.8, 4) is 0 Å². The molecular formula is C9H8ClN3O2. The summed E-state index contributed by atoms with van der Waals surface area (Å²) in [6.45, 7) is 1.69. The standard InChI is InChI=1S/C9H8ClN3O2/c1-5-2-7-6(3-8(5)13(14)15)9(10)12-4-11-7/h2-4,6-7H,1H3. The maximum Gasteiger partial charge on any atom is 0.268 e. The van der Waals surface area contributed by atoms with Crippen molar-refractivity contribution >= 4 is 23.1 Å². The summed E-state index contributed by atoms with van der Waals surface area (Å²) < 4.78 is 0. The monoisotopic (exact) mass is 225 g/mol. The van der Waals surface area contributed by atoms with E-state index in [0.29, 0.717) is 10.7 Å². The fraction of sp³-hybridized carbons (Fsp3) is 0.333. The number of hydrogen-bond acceptors (Lipinski definition) is 4. The van der Waals surface area contributed by atoms with E-state index >= 15 is 0 Å². The Labute approximate surface area is 91.0 Å². The second-order valence-corrected chi connectivity index (χ2v) is 3.78. The van der Waals surface area contributed by atoms with E-state index in [-0.39, 0.29) is 17.7 Å². The number of fused-ring (bicyclic) bond motifs is 1. The highest BCUT2D eigenvalue weighted by Crippen LogP contribution is 2.29. The van der Waals surface area contributed by atoms with Gasteiger partial charge in [0, 0.05) is 11.6 Å². The number of allylic oxidation sites excluding steroid dienone is 1. The van der Waals surface area contributed by atoms with Crippen LogP contribution >= 0.6 is 11.6 Å². The number of nitrogens with zero attached hydrogens (tertiary/aromatic N) is 3. The molecule has 0 spiro atoms. The molecule has 0 fully saturated rings. The lowest BCUT2D eigenvalue weighted by Crippen LogP contribution is -2.28. The Morgan fingerprint density at radius 1 is 1.53 bits per heavy atom. The third-order valence-electron chi connectivity index (χ3n) is 2.42. The smallest absolute Gasteiger partial charge is 0.265 e. The molecule has 1 aliphatic heterocycles. The lowest BCUT2D eigenvalue weighted by atomic mass is 9.91. The van der Waals surface area contributed by atoms with E-state index < -0.39 is 4.92 Å². The summed E-state index contributed by atoms with van der Waals surface area (Å²) in [7, 11) is 0. The topological polar surface area (TPSA) is 67.9 Å². The maximum absolute atomic E-state index is 10.7. The van der Waals surface area contributed by atoms with Crippen LogP contribution in [0, 0.1) is 16.0 Å². The molecule has 0 saturated heterocycles. The van der Waals surface area contributed by atoms with Gasteiger partial charge < -0.3 is 0 Å². The molecule has 78 valence electrons. The first-order valence-corrected chi connectivity index (χ1v) is 4.77. The SMILES string of the molecule is CC1=CC2N=CN=C(Cl)C2C=C1[N+](=O)[O-]. The van der Waals surface area contributed by atoms with Crippen LogP contribution in [0.5, 0.6) is 0 Å². The van der Waals surface area contributed by atoms with Crippen LogP contribution in [-0.4, -0.2) is 22.5 Å². The Morgan fingerprint density at radius 3 is 2.93 bits per heavy atom. The summed E-state index contributed by atoms with van der Waals surface area (Å²) in [6.07, 6.45) is 4.65. The lowest BCUT2D eigenvalue weighted by Gasteiger charge is -2.23. The van der Waals surface area contributed by atoms with E-state index in [0.717, 1.165) is 0 Å². The summed E-state index contributed by atoms with van der Waals surface area (Å²) in [5.41, 5.74) is 0.700. The Morgan fingerprint density at radius 2 is 2.27 bits per heavy atom. The van der Waals surface area contributed by atoms with E-state index in [4.69, 9.17) is 11.6 Å². The van der Waals surface area contributed by atoms with Crippen molar-refractivity contribution in [2.75, 3.05) is 0 Å². The van der Waals surface area contributed by atoms with Gasteiger partial charge in [-0.3, -0.25) is 15.1 Å². The van der Waals surface area contributed by atoms with Gasteiger partial charge in [-0.15, -0.1) is 0 Å². The minimum atomic E-state index is -0.412. The number of rotatable bonds is 1. The van der Waals surface area contributed by atoms with Crippen LogP contribution in [0.1, 0.15) is 6.92 Å². The second-order valence-electron chi connectivity index (χ2n) is 3.39. The Balaban J connectivity index is 2.41. The molecule has 15 heavy (non-hydrogen) atoms. The van der Waals surface area contributed by atoms with Crippen molar-refractivity contribution in [1.29, 1.82) is 0 Å². The zero-order chi connectivity index (χ0) is 11.0. The molecule has 2 rings (SSSR count). The fourth-order valence-electron chi connectivity index (χ4n) is 1.65. The molecule has 6 heteroatoms. The molecule has 0 N–H and O–H groups in total. The van der Waals surface area contributed by atoms with Crippen molar-refractivity contribution in [3.05, 3.63) is 33.5 Å². The van der Waals surface area contributed by atoms with Crippen molar-refractivity contribution in [3.63, 3.8) is 0 Å². The van der Waals surface area contributed by atoms with Gasteiger partial charge in [0.15, 0.2) is 0 Å². The molecular weight excluding hydrogens is 218 g/mol. The van der Waals surface area contributed by atoms with Crippen molar-refractivity contribution in [2.24, 2.45) is 15.9 Å². The van der Waals surface area contributed by atoms with Crippen molar-refractivity contribution in [2.45, 2.75) is 13.0 Å². The molecule has 2 unspecified atom stereocenters. The van der Waals surface area contributed by atoms with Crippen LogP contribution in [-0.2, 0) is 0 Å². The van der Waals surface area contributed by atoms with Gasteiger partial charge in [-0.05, 0) is 13.0 Å². The van der Waals surface area contributed by atoms with Crippen LogP contribution in [0.2, 0.25) is 0 Å². The molecule has 0 aromatic rings. The summed E-state index contributed by atoms with van der Waals surface area (Å²) >= 11 is 5.87. The summed E-state index contributed by atoms with van der Waals surface area (Å²) in [5, 5.41) is 11.1. The average molecular weight is 226 g/mol. The first-order chi connectivity index (χ1) is 7.09. The molecule has 1 aliphatic carbocycles. The third-order valence-corrected chi connectivity index (χ3v) is 2.77. The van der Waals surface area contributed by atoms with E-state index in [1.807, 2.05) is 0 Å². The van der Waals surface area contributed by atoms with Crippen molar-refractivity contribution < 1.29 is 4.92 Å². The summed E-state index contributed by atoms with van der Waals surface area (Å²) in [4.78, 5) is 18.2. The number of hydrogen-bond donors (Lipinski definition) is 0. The second kappa shape index (κ2) is 3.58. The van der Waals surface area contributed by atoms with Gasteiger partial charge >= 0.3 is 0 Å². The van der Waals surface area contributed by atoms with Gasteiger partial charge in [0.25, 0.3) is 5.70 Å². The zero-order valence-corrected chi connectivity index (χ0v) is 8.68. The molecule has 0 bridgehead atoms. The van der Waals surface area contributed by atoms with E-state index in [9.17, 15) is 10.1 Å². The predicted octanol–water partition coefficient (Wildman–Crippen LogP) is 1.77. The van der Waals surface area contributed by atoms with Crippen LogP contribution in [0.15, 0.2) is 33.4 Å². The third kappa shape index (κ3) is 1.70. The summed E-state index contributed by atoms with van der Waals surface area (Å²) in [6, 6.07) is -0.154. The highest BCUT2D eigenvalue weighted by molar-refractivity contribution is 6.66. The minimum absolute atomic E-state index is 0.0849. The van der Waals surface area contributed by atoms with Gasteiger partial charge in [0.1, 0.15) is 11.5 Å². The molecule has 5 nitrogen and oxygen atoms in total. The van der Waals surface area contributed by atoms with Gasteiger partial charge in [0.05, 0.1) is 16.9 Å². The van der Waals surface area contributed by atoms with Gasteiger partial charge in [-0.25, -0.2) is 4.99 Å². The molecule has 0 aromatic heterocycles. The fourth-order valence-corrected chi connectivity index (χ4v) is 1.88. The Bertz CT molecular complexity index is 437. The number of aliphatic imine (C=N–C) groups is 2. The zero-order valence-electron chi connectivity index (χ0n) is 7.92.